The second-order valence-electron chi connectivity index (χ2n) is 7.51. The van der Waals surface area contributed by atoms with Crippen LogP contribution in [0.2, 0.25) is 0 Å². The second-order valence-corrected chi connectivity index (χ2v) is 7.51. The average molecular weight is 373 g/mol. The summed E-state index contributed by atoms with van der Waals surface area (Å²) in [6.07, 6.45) is 5.26. The van der Waals surface area contributed by atoms with E-state index in [0.29, 0.717) is 26.1 Å². The van der Waals surface area contributed by atoms with E-state index in [1.807, 2.05) is 40.1 Å². The number of carbonyl (C=O) groups excluding carboxylic acids is 2. The number of carbonyl (C=O) groups is 2. The number of para-hydroxylation sites is 1. The maximum atomic E-state index is 13.0. The topological polar surface area (TPSA) is 75.9 Å². The van der Waals surface area contributed by atoms with Crippen LogP contribution in [-0.4, -0.2) is 60.4 Å². The molecule has 6 nitrogen and oxygen atoms in total. The number of nitrogens with two attached hydrogens (primary N) is 1. The summed E-state index contributed by atoms with van der Waals surface area (Å²) >= 11 is 0. The normalized spacial score (nSPS) is 23.1. The number of hydrogen-bond donors (Lipinski definition) is 1. The predicted octanol–water partition coefficient (Wildman–Crippen LogP) is 2.03. The molecule has 2 amide bonds. The molecule has 148 valence electrons. The lowest BCUT2D eigenvalue weighted by Crippen LogP contribution is -2.53. The quantitative estimate of drug-likeness (QED) is 0.828. The standard InChI is InChI=1S/C21H31N3O3/c22-15-18-8-4-5-13-24(18)21(26)17-7-6-12-23(16-17)20(25)11-14-27-19-9-2-1-3-10-19/h1-3,9-10,17-18H,4-8,11-16,22H2. The molecule has 0 radical (unpaired) electrons. The fourth-order valence-electron chi connectivity index (χ4n) is 4.11. The van der Waals surface area contributed by atoms with Crippen molar-refractivity contribution in [1.29, 1.82) is 0 Å². The third-order valence-corrected chi connectivity index (χ3v) is 5.63. The molecule has 1 aromatic carbocycles. The minimum Gasteiger partial charge on any atom is -0.493 e. The minimum absolute atomic E-state index is 0.0671. The molecule has 2 atom stereocenters. The van der Waals surface area contributed by atoms with Crippen LogP contribution in [0.4, 0.5) is 0 Å². The Balaban J connectivity index is 1.49. The van der Waals surface area contributed by atoms with E-state index in [2.05, 4.69) is 0 Å². The van der Waals surface area contributed by atoms with Gasteiger partial charge in [-0.1, -0.05) is 18.2 Å². The summed E-state index contributed by atoms with van der Waals surface area (Å²) in [7, 11) is 0. The first-order chi connectivity index (χ1) is 13.2. The Hall–Kier alpha value is -2.08. The van der Waals surface area contributed by atoms with Crippen LogP contribution >= 0.6 is 0 Å². The maximum Gasteiger partial charge on any atom is 0.227 e. The van der Waals surface area contributed by atoms with Crippen LogP contribution < -0.4 is 10.5 Å². The fourth-order valence-corrected chi connectivity index (χ4v) is 4.11. The molecular weight excluding hydrogens is 342 g/mol. The van der Waals surface area contributed by atoms with Gasteiger partial charge in [-0.3, -0.25) is 9.59 Å². The molecule has 1 aromatic rings. The highest BCUT2D eigenvalue weighted by atomic mass is 16.5. The first-order valence-corrected chi connectivity index (χ1v) is 10.1. The zero-order valence-electron chi connectivity index (χ0n) is 16.0. The van der Waals surface area contributed by atoms with Gasteiger partial charge < -0.3 is 20.3 Å². The van der Waals surface area contributed by atoms with E-state index in [9.17, 15) is 9.59 Å². The molecule has 0 spiro atoms. The van der Waals surface area contributed by atoms with Crippen LogP contribution in [0.5, 0.6) is 5.75 Å². The van der Waals surface area contributed by atoms with E-state index < -0.39 is 0 Å². The van der Waals surface area contributed by atoms with Crippen molar-refractivity contribution < 1.29 is 14.3 Å². The van der Waals surface area contributed by atoms with Crippen molar-refractivity contribution in [1.82, 2.24) is 9.80 Å². The van der Waals surface area contributed by atoms with Gasteiger partial charge in [0.15, 0.2) is 0 Å². The van der Waals surface area contributed by atoms with Crippen molar-refractivity contribution in [2.45, 2.75) is 44.6 Å². The summed E-state index contributed by atoms with van der Waals surface area (Å²) < 4.78 is 5.63. The highest BCUT2D eigenvalue weighted by Crippen LogP contribution is 2.24. The van der Waals surface area contributed by atoms with Crippen molar-refractivity contribution in [3.05, 3.63) is 30.3 Å². The van der Waals surface area contributed by atoms with Crippen molar-refractivity contribution >= 4 is 11.8 Å². The molecule has 2 unspecified atom stereocenters. The van der Waals surface area contributed by atoms with Crippen LogP contribution in [0.15, 0.2) is 30.3 Å². The first kappa shape index (κ1) is 19.7. The molecule has 0 aromatic heterocycles. The summed E-state index contributed by atoms with van der Waals surface area (Å²) in [5, 5.41) is 0. The van der Waals surface area contributed by atoms with Crippen LogP contribution in [-0.2, 0) is 9.59 Å². The van der Waals surface area contributed by atoms with Gasteiger partial charge in [0.25, 0.3) is 0 Å². The third kappa shape index (κ3) is 5.22. The van der Waals surface area contributed by atoms with Crippen LogP contribution in [0.3, 0.4) is 0 Å². The third-order valence-electron chi connectivity index (χ3n) is 5.63. The number of hydrogen-bond acceptors (Lipinski definition) is 4. The van der Waals surface area contributed by atoms with Crippen molar-refractivity contribution in [2.24, 2.45) is 11.7 Å². The van der Waals surface area contributed by atoms with Crippen LogP contribution in [0.25, 0.3) is 0 Å². The lowest BCUT2D eigenvalue weighted by molar-refractivity contribution is -0.143. The highest BCUT2D eigenvalue weighted by Gasteiger charge is 2.34. The lowest BCUT2D eigenvalue weighted by atomic mass is 9.93. The molecule has 2 aliphatic rings. The first-order valence-electron chi connectivity index (χ1n) is 10.1. The number of ether oxygens (including phenoxy) is 1. The number of piperidine rings is 2. The number of benzene rings is 1. The number of amides is 2. The van der Waals surface area contributed by atoms with Gasteiger partial charge in [0.05, 0.1) is 18.9 Å². The van der Waals surface area contributed by atoms with Gasteiger partial charge in [-0.15, -0.1) is 0 Å². The number of likely N-dealkylation sites (tertiary alicyclic amines) is 2. The summed E-state index contributed by atoms with van der Waals surface area (Å²) in [5.74, 6) is 0.931. The Morgan fingerprint density at radius 3 is 2.67 bits per heavy atom. The van der Waals surface area contributed by atoms with E-state index in [1.165, 1.54) is 0 Å². The largest absolute Gasteiger partial charge is 0.493 e. The molecule has 2 N–H and O–H groups in total. The Bertz CT molecular complexity index is 622. The zero-order valence-corrected chi connectivity index (χ0v) is 16.0. The molecule has 0 aliphatic carbocycles. The van der Waals surface area contributed by atoms with Gasteiger partial charge in [-0.25, -0.2) is 0 Å². The average Bonchev–Trinajstić information content (AvgIpc) is 2.74. The Kier molecular flexibility index (Phi) is 7.10. The summed E-state index contributed by atoms with van der Waals surface area (Å²) in [6, 6.07) is 9.68. The Morgan fingerprint density at radius 2 is 1.89 bits per heavy atom. The lowest BCUT2D eigenvalue weighted by Gasteiger charge is -2.40. The number of rotatable bonds is 6. The van der Waals surface area contributed by atoms with Crippen molar-refractivity contribution in [2.75, 3.05) is 32.8 Å². The molecule has 27 heavy (non-hydrogen) atoms. The number of nitrogens with zero attached hydrogens (tertiary/aromatic N) is 2. The second kappa shape index (κ2) is 9.74. The van der Waals surface area contributed by atoms with E-state index in [-0.39, 0.29) is 23.8 Å². The molecular formula is C21H31N3O3. The fraction of sp³-hybridized carbons (Fsp3) is 0.619. The summed E-state index contributed by atoms with van der Waals surface area (Å²) in [4.78, 5) is 29.4. The molecule has 0 saturated carbocycles. The predicted molar refractivity (Wildman–Crippen MR) is 104 cm³/mol. The Morgan fingerprint density at radius 1 is 1.07 bits per heavy atom. The van der Waals surface area contributed by atoms with Crippen LogP contribution in [0.1, 0.15) is 38.5 Å². The molecule has 3 rings (SSSR count). The smallest absolute Gasteiger partial charge is 0.227 e. The van der Waals surface area contributed by atoms with E-state index in [0.717, 1.165) is 50.9 Å². The molecule has 2 aliphatic heterocycles. The minimum atomic E-state index is -0.0927. The monoisotopic (exact) mass is 373 g/mol. The molecule has 0 bridgehead atoms. The molecule has 2 saturated heterocycles. The SMILES string of the molecule is NCC1CCCCN1C(=O)C1CCCN(C(=O)CCOc2ccccc2)C1. The van der Waals surface area contributed by atoms with Gasteiger partial charge in [0.2, 0.25) is 11.8 Å². The van der Waals surface area contributed by atoms with Gasteiger partial charge >= 0.3 is 0 Å². The van der Waals surface area contributed by atoms with Gasteiger partial charge in [0.1, 0.15) is 5.75 Å². The maximum absolute atomic E-state index is 13.0. The molecule has 2 fully saturated rings. The highest BCUT2D eigenvalue weighted by molar-refractivity contribution is 5.82. The van der Waals surface area contributed by atoms with E-state index in [1.54, 1.807) is 0 Å². The van der Waals surface area contributed by atoms with Crippen molar-refractivity contribution in [3.63, 3.8) is 0 Å². The summed E-state index contributed by atoms with van der Waals surface area (Å²) in [6.45, 7) is 2.94. The van der Waals surface area contributed by atoms with Gasteiger partial charge in [-0.2, -0.15) is 0 Å². The van der Waals surface area contributed by atoms with Crippen LogP contribution in [0, 0.1) is 5.92 Å². The Labute approximate surface area is 161 Å². The molecule has 2 heterocycles. The van der Waals surface area contributed by atoms with Gasteiger partial charge in [0, 0.05) is 32.2 Å². The zero-order chi connectivity index (χ0) is 19.1. The van der Waals surface area contributed by atoms with E-state index in [4.69, 9.17) is 10.5 Å². The summed E-state index contributed by atoms with van der Waals surface area (Å²) in [5.41, 5.74) is 5.87. The molecule has 6 heteroatoms. The van der Waals surface area contributed by atoms with Gasteiger partial charge in [-0.05, 0) is 44.2 Å². The van der Waals surface area contributed by atoms with E-state index >= 15 is 0 Å². The van der Waals surface area contributed by atoms with Crippen molar-refractivity contribution in [3.8, 4) is 5.75 Å².